The number of nitrogens with zero attached hydrogens (tertiary/aromatic N) is 1. The highest BCUT2D eigenvalue weighted by Crippen LogP contribution is 2.37. The Balaban J connectivity index is 1.72. The highest BCUT2D eigenvalue weighted by Gasteiger charge is 2.62. The van der Waals surface area contributed by atoms with Crippen molar-refractivity contribution in [1.82, 2.24) is 4.90 Å². The molecule has 0 bridgehead atoms. The second-order valence-corrected chi connectivity index (χ2v) is 7.08. The summed E-state index contributed by atoms with van der Waals surface area (Å²) in [5.41, 5.74) is 4.01. The molecule has 0 radical (unpaired) electrons. The molecule has 1 saturated carbocycles. The number of amides is 2. The van der Waals surface area contributed by atoms with Gasteiger partial charge < -0.3 is 15.4 Å². The lowest BCUT2D eigenvalue weighted by atomic mass is 9.80. The number of hydrogen-bond acceptors (Lipinski definition) is 4. The standard InChI is InChI=1S/C17H26N2O4/c18-16(22)17-13(20)11-23-14(17)7-4-10-19(17)15(21)9-8-12-5-2-1-3-6-12/h12,14H,1-11H2,(H2,18,22). The van der Waals surface area contributed by atoms with Gasteiger partial charge in [0.05, 0.1) is 6.10 Å². The fourth-order valence-corrected chi connectivity index (χ4v) is 4.50. The number of rotatable bonds is 4. The van der Waals surface area contributed by atoms with Crippen LogP contribution < -0.4 is 5.73 Å². The molecule has 128 valence electrons. The van der Waals surface area contributed by atoms with Gasteiger partial charge >= 0.3 is 0 Å². The van der Waals surface area contributed by atoms with Gasteiger partial charge in [-0.25, -0.2) is 0 Å². The van der Waals surface area contributed by atoms with Gasteiger partial charge in [-0.3, -0.25) is 14.4 Å². The molecule has 2 amide bonds. The van der Waals surface area contributed by atoms with Crippen molar-refractivity contribution >= 4 is 17.6 Å². The molecule has 0 aromatic heterocycles. The van der Waals surface area contributed by atoms with Gasteiger partial charge in [-0.05, 0) is 25.2 Å². The Labute approximate surface area is 136 Å². The number of hydrogen-bond donors (Lipinski definition) is 1. The zero-order valence-electron chi connectivity index (χ0n) is 13.6. The van der Waals surface area contributed by atoms with E-state index in [9.17, 15) is 14.4 Å². The molecule has 2 unspecified atom stereocenters. The number of Topliss-reactive ketones (excluding diaryl/α,β-unsaturated/α-hetero) is 1. The van der Waals surface area contributed by atoms with Crippen LogP contribution in [0.2, 0.25) is 0 Å². The molecule has 3 fully saturated rings. The van der Waals surface area contributed by atoms with E-state index in [-0.39, 0.29) is 18.3 Å². The van der Waals surface area contributed by atoms with Crippen LogP contribution in [0.5, 0.6) is 0 Å². The molecule has 2 aliphatic heterocycles. The van der Waals surface area contributed by atoms with Crippen LogP contribution in [-0.2, 0) is 19.1 Å². The van der Waals surface area contributed by atoms with Gasteiger partial charge in [0, 0.05) is 13.0 Å². The minimum atomic E-state index is -1.55. The molecule has 2 atom stereocenters. The van der Waals surface area contributed by atoms with Crippen molar-refractivity contribution < 1.29 is 19.1 Å². The van der Waals surface area contributed by atoms with Crippen molar-refractivity contribution in [2.24, 2.45) is 11.7 Å². The smallest absolute Gasteiger partial charge is 0.254 e. The first kappa shape index (κ1) is 16.4. The summed E-state index contributed by atoms with van der Waals surface area (Å²) in [7, 11) is 0. The third kappa shape index (κ3) is 2.77. The van der Waals surface area contributed by atoms with Gasteiger partial charge in [-0.1, -0.05) is 32.1 Å². The van der Waals surface area contributed by atoms with E-state index in [4.69, 9.17) is 10.5 Å². The molecule has 2 N–H and O–H groups in total. The molecule has 0 spiro atoms. The first-order valence-corrected chi connectivity index (χ1v) is 8.82. The second kappa shape index (κ2) is 6.59. The summed E-state index contributed by atoms with van der Waals surface area (Å²) in [6.07, 6.45) is 8.11. The summed E-state index contributed by atoms with van der Waals surface area (Å²) in [5, 5.41) is 0. The van der Waals surface area contributed by atoms with Gasteiger partial charge in [0.2, 0.25) is 11.4 Å². The molecule has 2 heterocycles. The zero-order valence-corrected chi connectivity index (χ0v) is 13.6. The van der Waals surface area contributed by atoms with Crippen LogP contribution in [0.25, 0.3) is 0 Å². The minimum Gasteiger partial charge on any atom is -0.367 e. The van der Waals surface area contributed by atoms with Gasteiger partial charge in [-0.2, -0.15) is 0 Å². The summed E-state index contributed by atoms with van der Waals surface area (Å²) in [6.45, 7) is 0.290. The number of ether oxygens (including phenoxy) is 1. The zero-order chi connectivity index (χ0) is 16.4. The van der Waals surface area contributed by atoms with E-state index >= 15 is 0 Å². The van der Waals surface area contributed by atoms with E-state index < -0.39 is 17.6 Å². The molecule has 3 aliphatic rings. The number of carbonyl (C=O) groups excluding carboxylic acids is 3. The Morgan fingerprint density at radius 3 is 2.61 bits per heavy atom. The molecule has 1 aliphatic carbocycles. The van der Waals surface area contributed by atoms with Crippen LogP contribution in [0.3, 0.4) is 0 Å². The SMILES string of the molecule is NC(=O)C12C(=O)COC1CCCN2C(=O)CCC1CCCCC1. The predicted octanol–water partition coefficient (Wildman–Crippen LogP) is 1.16. The Morgan fingerprint density at radius 2 is 1.91 bits per heavy atom. The summed E-state index contributed by atoms with van der Waals surface area (Å²) >= 11 is 0. The first-order chi connectivity index (χ1) is 11.1. The number of ketones is 1. The summed E-state index contributed by atoms with van der Waals surface area (Å²) < 4.78 is 5.46. The largest absolute Gasteiger partial charge is 0.367 e. The van der Waals surface area contributed by atoms with Crippen molar-refractivity contribution in [3.8, 4) is 0 Å². The van der Waals surface area contributed by atoms with Crippen LogP contribution in [0.4, 0.5) is 0 Å². The maximum atomic E-state index is 12.7. The van der Waals surface area contributed by atoms with E-state index in [0.717, 1.165) is 12.8 Å². The number of likely N-dealkylation sites (tertiary alicyclic amines) is 1. The van der Waals surface area contributed by atoms with Crippen molar-refractivity contribution in [3.05, 3.63) is 0 Å². The second-order valence-electron chi connectivity index (χ2n) is 7.08. The Bertz CT molecular complexity index is 501. The van der Waals surface area contributed by atoms with E-state index in [1.54, 1.807) is 0 Å². The van der Waals surface area contributed by atoms with E-state index in [0.29, 0.717) is 25.3 Å². The number of primary amides is 1. The lowest BCUT2D eigenvalue weighted by molar-refractivity contribution is -0.158. The number of carbonyl (C=O) groups is 3. The monoisotopic (exact) mass is 322 g/mol. The molecule has 6 heteroatoms. The molecular weight excluding hydrogens is 296 g/mol. The normalized spacial score (nSPS) is 31.9. The van der Waals surface area contributed by atoms with Crippen LogP contribution in [0.15, 0.2) is 0 Å². The lowest BCUT2D eigenvalue weighted by Crippen LogP contribution is -2.69. The fraction of sp³-hybridized carbons (Fsp3) is 0.824. The predicted molar refractivity (Wildman–Crippen MR) is 83.4 cm³/mol. The lowest BCUT2D eigenvalue weighted by Gasteiger charge is -2.44. The highest BCUT2D eigenvalue weighted by atomic mass is 16.5. The fourth-order valence-electron chi connectivity index (χ4n) is 4.50. The average molecular weight is 322 g/mol. The van der Waals surface area contributed by atoms with Crippen molar-refractivity contribution in [3.63, 3.8) is 0 Å². The Kier molecular flexibility index (Phi) is 4.71. The maximum Gasteiger partial charge on any atom is 0.254 e. The van der Waals surface area contributed by atoms with Crippen LogP contribution >= 0.6 is 0 Å². The minimum absolute atomic E-state index is 0.125. The van der Waals surface area contributed by atoms with Crippen LogP contribution in [-0.4, -0.2) is 47.3 Å². The summed E-state index contributed by atoms with van der Waals surface area (Å²) in [6, 6.07) is 0. The molecule has 0 aromatic carbocycles. The van der Waals surface area contributed by atoms with Gasteiger partial charge in [-0.15, -0.1) is 0 Å². The quantitative estimate of drug-likeness (QED) is 0.787. The molecule has 6 nitrogen and oxygen atoms in total. The van der Waals surface area contributed by atoms with Crippen molar-refractivity contribution in [1.29, 1.82) is 0 Å². The molecular formula is C17H26N2O4. The van der Waals surface area contributed by atoms with Crippen LogP contribution in [0, 0.1) is 5.92 Å². The van der Waals surface area contributed by atoms with E-state index in [2.05, 4.69) is 0 Å². The van der Waals surface area contributed by atoms with Crippen LogP contribution in [0.1, 0.15) is 57.8 Å². The number of piperidine rings is 1. The average Bonchev–Trinajstić information content (AvgIpc) is 2.92. The number of fused-ring (bicyclic) bond motifs is 1. The molecule has 0 aromatic rings. The summed E-state index contributed by atoms with van der Waals surface area (Å²) in [4.78, 5) is 38.7. The molecule has 23 heavy (non-hydrogen) atoms. The molecule has 3 rings (SSSR count). The summed E-state index contributed by atoms with van der Waals surface area (Å²) in [5.74, 6) is -0.636. The topological polar surface area (TPSA) is 89.7 Å². The molecule has 2 saturated heterocycles. The van der Waals surface area contributed by atoms with Gasteiger partial charge in [0.15, 0.2) is 5.78 Å². The van der Waals surface area contributed by atoms with Gasteiger partial charge in [0.25, 0.3) is 5.91 Å². The van der Waals surface area contributed by atoms with Crippen molar-refractivity contribution in [2.45, 2.75) is 69.4 Å². The van der Waals surface area contributed by atoms with E-state index in [1.807, 2.05) is 0 Å². The Morgan fingerprint density at radius 1 is 1.17 bits per heavy atom. The maximum absolute atomic E-state index is 12.7. The van der Waals surface area contributed by atoms with Crippen molar-refractivity contribution in [2.75, 3.05) is 13.2 Å². The van der Waals surface area contributed by atoms with E-state index in [1.165, 1.54) is 37.0 Å². The number of nitrogens with two attached hydrogens (primary N) is 1. The highest BCUT2D eigenvalue weighted by molar-refractivity contribution is 6.14. The third-order valence-corrected chi connectivity index (χ3v) is 5.75. The third-order valence-electron chi connectivity index (χ3n) is 5.75. The first-order valence-electron chi connectivity index (χ1n) is 8.82. The Hall–Kier alpha value is -1.43. The van der Waals surface area contributed by atoms with Gasteiger partial charge in [0.1, 0.15) is 6.61 Å².